The fraction of sp³-hybridized carbons (Fsp3) is 0.727. The molecule has 0 N–H and O–H groups in total. The van der Waals surface area contributed by atoms with Crippen molar-refractivity contribution in [2.24, 2.45) is 5.92 Å². The van der Waals surface area contributed by atoms with Crippen molar-refractivity contribution in [3.05, 3.63) is 5.28 Å². The zero-order valence-corrected chi connectivity index (χ0v) is 10.9. The quantitative estimate of drug-likeness (QED) is 0.826. The van der Waals surface area contributed by atoms with Crippen LogP contribution in [0.15, 0.2) is 0 Å². The van der Waals surface area contributed by atoms with Gasteiger partial charge >= 0.3 is 6.01 Å². The summed E-state index contributed by atoms with van der Waals surface area (Å²) >= 11 is 5.87. The van der Waals surface area contributed by atoms with Gasteiger partial charge in [0.15, 0.2) is 0 Å². The molecule has 1 aromatic rings. The maximum Gasteiger partial charge on any atom is 0.322 e. The van der Waals surface area contributed by atoms with Gasteiger partial charge in [-0.15, -0.1) is 0 Å². The number of hydrogen-bond acceptors (Lipinski definition) is 5. The molecule has 5 nitrogen and oxygen atoms in total. The van der Waals surface area contributed by atoms with Crippen molar-refractivity contribution in [2.75, 3.05) is 24.6 Å². The van der Waals surface area contributed by atoms with Gasteiger partial charge in [0.2, 0.25) is 11.2 Å². The zero-order valence-electron chi connectivity index (χ0n) is 10.2. The minimum atomic E-state index is 0.195. The molecule has 0 saturated carbocycles. The molecule has 1 saturated heterocycles. The molecule has 0 amide bonds. The highest BCUT2D eigenvalue weighted by atomic mass is 35.5. The van der Waals surface area contributed by atoms with E-state index in [1.165, 1.54) is 0 Å². The third-order valence-electron chi connectivity index (χ3n) is 2.72. The minimum Gasteiger partial charge on any atom is -0.463 e. The smallest absolute Gasteiger partial charge is 0.322 e. The lowest BCUT2D eigenvalue weighted by Crippen LogP contribution is -2.22. The van der Waals surface area contributed by atoms with Crippen LogP contribution in [0.25, 0.3) is 0 Å². The average molecular weight is 257 g/mol. The summed E-state index contributed by atoms with van der Waals surface area (Å²) in [6.45, 7) is 6.78. The molecule has 1 aliphatic rings. The van der Waals surface area contributed by atoms with Gasteiger partial charge in [0.05, 0.1) is 6.61 Å². The molecule has 2 rings (SSSR count). The molecule has 1 atom stereocenters. The minimum absolute atomic E-state index is 0.195. The van der Waals surface area contributed by atoms with Crippen LogP contribution in [0.5, 0.6) is 6.01 Å². The van der Waals surface area contributed by atoms with Crippen LogP contribution in [0.2, 0.25) is 5.28 Å². The van der Waals surface area contributed by atoms with Gasteiger partial charge in [0.25, 0.3) is 0 Å². The molecule has 0 aliphatic carbocycles. The molecule has 1 aliphatic heterocycles. The van der Waals surface area contributed by atoms with Gasteiger partial charge in [0.1, 0.15) is 0 Å². The first-order valence-corrected chi connectivity index (χ1v) is 6.36. The topological polar surface area (TPSA) is 51.1 Å². The summed E-state index contributed by atoms with van der Waals surface area (Å²) in [4.78, 5) is 14.5. The summed E-state index contributed by atoms with van der Waals surface area (Å²) in [5.74, 6) is 1.30. The Kier molecular flexibility index (Phi) is 3.99. The van der Waals surface area contributed by atoms with Crippen molar-refractivity contribution >= 4 is 17.5 Å². The average Bonchev–Trinajstić information content (AvgIpc) is 2.72. The van der Waals surface area contributed by atoms with Crippen LogP contribution in [-0.2, 0) is 0 Å². The van der Waals surface area contributed by atoms with Crippen molar-refractivity contribution in [1.82, 2.24) is 15.0 Å². The van der Waals surface area contributed by atoms with E-state index in [1.54, 1.807) is 0 Å². The maximum absolute atomic E-state index is 5.87. The molecular formula is C11H17ClN4O. The normalized spacial score (nSPS) is 19.7. The van der Waals surface area contributed by atoms with Gasteiger partial charge in [-0.05, 0) is 30.4 Å². The van der Waals surface area contributed by atoms with Crippen LogP contribution in [0, 0.1) is 5.92 Å². The van der Waals surface area contributed by atoms with E-state index in [1.807, 2.05) is 6.92 Å². The fourth-order valence-corrected chi connectivity index (χ4v) is 1.99. The first-order chi connectivity index (χ1) is 8.19. The summed E-state index contributed by atoms with van der Waals surface area (Å²) in [6.07, 6.45) is 2.08. The second kappa shape index (κ2) is 5.49. The highest BCUT2D eigenvalue weighted by Crippen LogP contribution is 2.22. The van der Waals surface area contributed by atoms with Gasteiger partial charge < -0.3 is 9.64 Å². The summed E-state index contributed by atoms with van der Waals surface area (Å²) < 4.78 is 5.39. The van der Waals surface area contributed by atoms with Gasteiger partial charge in [-0.1, -0.05) is 13.8 Å². The van der Waals surface area contributed by atoms with E-state index >= 15 is 0 Å². The lowest BCUT2D eigenvalue weighted by Gasteiger charge is -2.15. The Morgan fingerprint density at radius 1 is 1.41 bits per heavy atom. The summed E-state index contributed by atoms with van der Waals surface area (Å²) in [5, 5.41) is 0.195. The third kappa shape index (κ3) is 3.19. The Labute approximate surface area is 106 Å². The Hall–Kier alpha value is -1.10. The van der Waals surface area contributed by atoms with Crippen LogP contribution in [0.3, 0.4) is 0 Å². The molecule has 2 heterocycles. The molecule has 94 valence electrons. The number of aromatic nitrogens is 3. The summed E-state index contributed by atoms with van der Waals surface area (Å²) in [5.41, 5.74) is 0. The molecular weight excluding hydrogens is 240 g/mol. The lowest BCUT2D eigenvalue weighted by molar-refractivity contribution is 0.291. The van der Waals surface area contributed by atoms with Gasteiger partial charge in [-0.3, -0.25) is 0 Å². The highest BCUT2D eigenvalue weighted by Gasteiger charge is 2.22. The van der Waals surface area contributed by atoms with Crippen LogP contribution < -0.4 is 9.64 Å². The van der Waals surface area contributed by atoms with Crippen molar-refractivity contribution in [3.63, 3.8) is 0 Å². The number of halogens is 1. The predicted molar refractivity (Wildman–Crippen MR) is 66.6 cm³/mol. The van der Waals surface area contributed by atoms with E-state index in [2.05, 4.69) is 26.8 Å². The van der Waals surface area contributed by atoms with Gasteiger partial charge in [0, 0.05) is 13.1 Å². The Balaban J connectivity index is 2.13. The number of hydrogen-bond donors (Lipinski definition) is 0. The number of ether oxygens (including phenoxy) is 1. The third-order valence-corrected chi connectivity index (χ3v) is 2.89. The Morgan fingerprint density at radius 2 is 2.24 bits per heavy atom. The second-order valence-electron chi connectivity index (χ2n) is 4.38. The Morgan fingerprint density at radius 3 is 2.88 bits per heavy atom. The van der Waals surface area contributed by atoms with Crippen LogP contribution in [0.4, 0.5) is 5.95 Å². The summed E-state index contributed by atoms with van der Waals surface area (Å²) in [6, 6.07) is 0.321. The highest BCUT2D eigenvalue weighted by molar-refractivity contribution is 6.28. The molecule has 1 unspecified atom stereocenters. The first-order valence-electron chi connectivity index (χ1n) is 5.98. The van der Waals surface area contributed by atoms with E-state index in [4.69, 9.17) is 16.3 Å². The van der Waals surface area contributed by atoms with Crippen LogP contribution >= 0.6 is 11.6 Å². The van der Waals surface area contributed by atoms with Crippen molar-refractivity contribution < 1.29 is 4.74 Å². The number of nitrogens with zero attached hydrogens (tertiary/aromatic N) is 4. The van der Waals surface area contributed by atoms with E-state index in [0.717, 1.165) is 25.9 Å². The van der Waals surface area contributed by atoms with E-state index in [9.17, 15) is 0 Å². The molecule has 0 spiro atoms. The largest absolute Gasteiger partial charge is 0.463 e. The number of rotatable bonds is 4. The van der Waals surface area contributed by atoms with Gasteiger partial charge in [-0.25, -0.2) is 0 Å². The van der Waals surface area contributed by atoms with E-state index < -0.39 is 0 Å². The molecule has 0 radical (unpaired) electrons. The molecule has 1 fully saturated rings. The molecule has 1 aromatic heterocycles. The van der Waals surface area contributed by atoms with Crippen molar-refractivity contribution in [3.8, 4) is 6.01 Å². The van der Waals surface area contributed by atoms with E-state index in [-0.39, 0.29) is 5.28 Å². The van der Waals surface area contributed by atoms with Crippen LogP contribution in [0.1, 0.15) is 26.7 Å². The predicted octanol–water partition coefficient (Wildman–Crippen LogP) is 2.16. The van der Waals surface area contributed by atoms with Crippen molar-refractivity contribution in [2.45, 2.75) is 26.7 Å². The monoisotopic (exact) mass is 256 g/mol. The first kappa shape index (κ1) is 12.4. The lowest BCUT2D eigenvalue weighted by atomic mass is 10.2. The van der Waals surface area contributed by atoms with Gasteiger partial charge in [-0.2, -0.15) is 15.0 Å². The summed E-state index contributed by atoms with van der Waals surface area (Å²) in [7, 11) is 0. The molecule has 0 aromatic carbocycles. The zero-order chi connectivity index (χ0) is 12.3. The molecule has 6 heteroatoms. The fourth-order valence-electron chi connectivity index (χ4n) is 1.84. The molecule has 17 heavy (non-hydrogen) atoms. The maximum atomic E-state index is 5.87. The SMILES string of the molecule is CCCOc1nc(Cl)nc(N2CCC(C)C2)n1. The van der Waals surface area contributed by atoms with Crippen LogP contribution in [-0.4, -0.2) is 34.6 Å². The van der Waals surface area contributed by atoms with E-state index in [0.29, 0.717) is 24.5 Å². The standard InChI is InChI=1S/C11H17ClN4O/c1-3-6-17-11-14-9(12)13-10(15-11)16-5-4-8(2)7-16/h8H,3-7H2,1-2H3. The van der Waals surface area contributed by atoms with Crippen molar-refractivity contribution in [1.29, 1.82) is 0 Å². The molecule has 0 bridgehead atoms. The number of anilines is 1. The second-order valence-corrected chi connectivity index (χ2v) is 4.71. The Bertz CT molecular complexity index is 388.